The molecule has 2 fully saturated rings. The zero-order valence-electron chi connectivity index (χ0n) is 16.7. The van der Waals surface area contributed by atoms with Crippen molar-refractivity contribution >= 4 is 23.2 Å². The van der Waals surface area contributed by atoms with Gasteiger partial charge in [0.25, 0.3) is 0 Å². The van der Waals surface area contributed by atoms with Crippen LogP contribution in [0.25, 0.3) is 0 Å². The first kappa shape index (κ1) is 19.9. The van der Waals surface area contributed by atoms with Gasteiger partial charge in [-0.05, 0) is 52.0 Å². The monoisotopic (exact) mass is 415 g/mol. The molecule has 4 rings (SSSR count). The van der Waals surface area contributed by atoms with Crippen molar-refractivity contribution in [1.82, 2.24) is 25.1 Å². The van der Waals surface area contributed by atoms with E-state index in [1.54, 1.807) is 12.4 Å². The van der Waals surface area contributed by atoms with Crippen LogP contribution in [0.1, 0.15) is 43.8 Å². The molecule has 0 saturated heterocycles. The first-order valence-corrected chi connectivity index (χ1v) is 10.5. The molecule has 29 heavy (non-hydrogen) atoms. The Labute approximate surface area is 175 Å². The lowest BCUT2D eigenvalue weighted by atomic mass is 9.81. The van der Waals surface area contributed by atoms with E-state index < -0.39 is 0 Å². The van der Waals surface area contributed by atoms with Crippen molar-refractivity contribution in [3.8, 4) is 11.9 Å². The Bertz CT molecular complexity index is 903. The molecular formula is C20H26ClN7O. The third-order valence-electron chi connectivity index (χ3n) is 6.05. The standard InChI is InChI=1S/C20H26ClN7O/c1-12-18(10-25-28(12)16-6-14(7-16)8-22)26-20-24-9-17(21)19(27-20)29-11-13-3-4-15(5-13)23-2/h9-10,13-16,23H,3-7,11H2,1-2H3,(H,24,26,27)/t13-,14?,15+,16?/m1/s1. The van der Waals surface area contributed by atoms with E-state index in [0.717, 1.165) is 37.1 Å². The summed E-state index contributed by atoms with van der Waals surface area (Å²) in [6, 6.07) is 3.16. The fourth-order valence-corrected chi connectivity index (χ4v) is 4.27. The fourth-order valence-electron chi connectivity index (χ4n) is 4.13. The molecule has 2 atom stereocenters. The highest BCUT2D eigenvalue weighted by Crippen LogP contribution is 2.38. The van der Waals surface area contributed by atoms with Gasteiger partial charge in [-0.15, -0.1) is 0 Å². The van der Waals surface area contributed by atoms with Gasteiger partial charge in [0.15, 0.2) is 0 Å². The van der Waals surface area contributed by atoms with Gasteiger partial charge in [0.2, 0.25) is 11.8 Å². The molecule has 0 aliphatic heterocycles. The van der Waals surface area contributed by atoms with Gasteiger partial charge in [0.1, 0.15) is 5.02 Å². The van der Waals surface area contributed by atoms with Crippen molar-refractivity contribution in [2.45, 2.75) is 51.1 Å². The molecule has 2 saturated carbocycles. The molecule has 2 heterocycles. The number of halogens is 1. The minimum Gasteiger partial charge on any atom is -0.476 e. The molecule has 2 aliphatic rings. The van der Waals surface area contributed by atoms with Crippen LogP contribution in [0.15, 0.2) is 12.4 Å². The van der Waals surface area contributed by atoms with Gasteiger partial charge in [-0.2, -0.15) is 15.3 Å². The molecule has 0 bridgehead atoms. The molecule has 2 N–H and O–H groups in total. The molecule has 8 nitrogen and oxygen atoms in total. The molecular weight excluding hydrogens is 390 g/mol. The zero-order chi connectivity index (χ0) is 20.4. The summed E-state index contributed by atoms with van der Waals surface area (Å²) in [5, 5.41) is 20.4. The molecule has 0 spiro atoms. The number of ether oxygens (including phenoxy) is 1. The van der Waals surface area contributed by atoms with Gasteiger partial charge in [0.05, 0.1) is 48.4 Å². The third-order valence-corrected chi connectivity index (χ3v) is 6.31. The second kappa shape index (κ2) is 8.56. The van der Waals surface area contributed by atoms with E-state index in [1.165, 1.54) is 6.42 Å². The van der Waals surface area contributed by atoms with Gasteiger partial charge >= 0.3 is 0 Å². The van der Waals surface area contributed by atoms with E-state index >= 15 is 0 Å². The van der Waals surface area contributed by atoms with Crippen molar-refractivity contribution in [3.05, 3.63) is 23.1 Å². The average molecular weight is 416 g/mol. The fraction of sp³-hybridized carbons (Fsp3) is 0.600. The molecule has 9 heteroatoms. The molecule has 0 aromatic carbocycles. The Kier molecular flexibility index (Phi) is 5.88. The molecule has 2 aromatic rings. The van der Waals surface area contributed by atoms with Crippen LogP contribution in [0.3, 0.4) is 0 Å². The lowest BCUT2D eigenvalue weighted by Gasteiger charge is -2.31. The van der Waals surface area contributed by atoms with Crippen LogP contribution in [0.5, 0.6) is 5.88 Å². The van der Waals surface area contributed by atoms with Crippen molar-refractivity contribution in [2.75, 3.05) is 19.0 Å². The zero-order valence-corrected chi connectivity index (χ0v) is 17.5. The summed E-state index contributed by atoms with van der Waals surface area (Å²) < 4.78 is 7.89. The van der Waals surface area contributed by atoms with E-state index in [9.17, 15) is 0 Å². The lowest BCUT2D eigenvalue weighted by molar-refractivity contribution is 0.227. The summed E-state index contributed by atoms with van der Waals surface area (Å²) in [4.78, 5) is 8.72. The van der Waals surface area contributed by atoms with Gasteiger partial charge in [0, 0.05) is 6.04 Å². The average Bonchev–Trinajstić information content (AvgIpc) is 3.29. The van der Waals surface area contributed by atoms with Crippen LogP contribution in [0.2, 0.25) is 5.02 Å². The van der Waals surface area contributed by atoms with Crippen molar-refractivity contribution in [2.24, 2.45) is 11.8 Å². The van der Waals surface area contributed by atoms with Gasteiger partial charge in [-0.25, -0.2) is 4.98 Å². The van der Waals surface area contributed by atoms with Gasteiger partial charge in [-0.3, -0.25) is 4.68 Å². The summed E-state index contributed by atoms with van der Waals surface area (Å²) in [6.07, 6.45) is 8.45. The van der Waals surface area contributed by atoms with Crippen LogP contribution in [-0.4, -0.2) is 39.4 Å². The lowest BCUT2D eigenvalue weighted by Crippen LogP contribution is -2.27. The van der Waals surface area contributed by atoms with E-state index in [1.807, 2.05) is 18.7 Å². The molecule has 0 unspecified atom stereocenters. The predicted molar refractivity (Wildman–Crippen MR) is 110 cm³/mol. The van der Waals surface area contributed by atoms with E-state index in [4.69, 9.17) is 21.6 Å². The van der Waals surface area contributed by atoms with E-state index in [2.05, 4.69) is 31.8 Å². The van der Waals surface area contributed by atoms with E-state index in [-0.39, 0.29) is 12.0 Å². The number of nitrogens with one attached hydrogen (secondary N) is 2. The summed E-state index contributed by atoms with van der Waals surface area (Å²) in [6.45, 7) is 2.60. The highest BCUT2D eigenvalue weighted by atomic mass is 35.5. The number of nitriles is 1. The van der Waals surface area contributed by atoms with Crippen LogP contribution in [0, 0.1) is 30.1 Å². The minimum absolute atomic E-state index is 0.141. The minimum atomic E-state index is 0.141. The van der Waals surface area contributed by atoms with Crippen molar-refractivity contribution < 1.29 is 4.74 Å². The Morgan fingerprint density at radius 1 is 1.31 bits per heavy atom. The predicted octanol–water partition coefficient (Wildman–Crippen LogP) is 3.62. The number of anilines is 2. The number of hydrogen-bond acceptors (Lipinski definition) is 7. The first-order chi connectivity index (χ1) is 14.1. The first-order valence-electron chi connectivity index (χ1n) is 10.1. The maximum Gasteiger partial charge on any atom is 0.237 e. The molecule has 2 aromatic heterocycles. The largest absolute Gasteiger partial charge is 0.476 e. The number of hydrogen-bond donors (Lipinski definition) is 2. The Morgan fingerprint density at radius 3 is 2.86 bits per heavy atom. The second-order valence-corrected chi connectivity index (χ2v) is 8.39. The van der Waals surface area contributed by atoms with Crippen LogP contribution >= 0.6 is 11.6 Å². The highest BCUT2D eigenvalue weighted by molar-refractivity contribution is 6.31. The summed E-state index contributed by atoms with van der Waals surface area (Å²) in [7, 11) is 2.00. The van der Waals surface area contributed by atoms with Gasteiger partial charge in [-0.1, -0.05) is 11.6 Å². The van der Waals surface area contributed by atoms with Crippen LogP contribution < -0.4 is 15.4 Å². The molecule has 0 radical (unpaired) electrons. The van der Waals surface area contributed by atoms with Crippen molar-refractivity contribution in [1.29, 1.82) is 5.26 Å². The number of nitrogens with zero attached hydrogens (tertiary/aromatic N) is 5. The normalized spacial score (nSPS) is 26.0. The number of rotatable bonds is 7. The molecule has 2 aliphatic carbocycles. The third kappa shape index (κ3) is 4.31. The highest BCUT2D eigenvalue weighted by Gasteiger charge is 2.32. The quantitative estimate of drug-likeness (QED) is 0.712. The Balaban J connectivity index is 1.39. The van der Waals surface area contributed by atoms with Crippen molar-refractivity contribution in [3.63, 3.8) is 0 Å². The maximum absolute atomic E-state index is 8.97. The maximum atomic E-state index is 8.97. The SMILES string of the molecule is CN[C@H]1CC[C@@H](COc2nc(Nc3cnn(C4CC(C#N)C4)c3C)ncc2Cl)C1. The topological polar surface area (TPSA) is 101 Å². The summed E-state index contributed by atoms with van der Waals surface area (Å²) >= 11 is 6.24. The second-order valence-electron chi connectivity index (χ2n) is 7.99. The van der Waals surface area contributed by atoms with Crippen LogP contribution in [0.4, 0.5) is 11.6 Å². The van der Waals surface area contributed by atoms with Crippen LogP contribution in [-0.2, 0) is 0 Å². The summed E-state index contributed by atoms with van der Waals surface area (Å²) in [5.74, 6) is 1.48. The van der Waals surface area contributed by atoms with Gasteiger partial charge < -0.3 is 15.4 Å². The number of aromatic nitrogens is 4. The Morgan fingerprint density at radius 2 is 2.14 bits per heavy atom. The smallest absolute Gasteiger partial charge is 0.237 e. The Hall–Kier alpha value is -2.37. The summed E-state index contributed by atoms with van der Waals surface area (Å²) in [5.41, 5.74) is 1.84. The van der Waals surface area contributed by atoms with E-state index in [0.29, 0.717) is 35.4 Å². The molecule has 154 valence electrons. The molecule has 0 amide bonds.